The maximum Gasteiger partial charge on any atom is 0.274 e. The Morgan fingerprint density at radius 2 is 2.29 bits per heavy atom. The molecule has 0 radical (unpaired) electrons. The molecule has 28 heavy (non-hydrogen) atoms. The van der Waals surface area contributed by atoms with Gasteiger partial charge in [0.25, 0.3) is 11.1 Å². The summed E-state index contributed by atoms with van der Waals surface area (Å²) in [5.74, 6) is -1.27. The Morgan fingerprint density at radius 1 is 1.43 bits per heavy atom. The van der Waals surface area contributed by atoms with Crippen molar-refractivity contribution in [1.82, 2.24) is 10.3 Å². The number of hydrogen-bond acceptors (Lipinski definition) is 7. The zero-order valence-electron chi connectivity index (χ0n) is 15.1. The summed E-state index contributed by atoms with van der Waals surface area (Å²) in [6.45, 7) is 1.36. The van der Waals surface area contributed by atoms with Gasteiger partial charge in [0.05, 0.1) is 28.8 Å². The Kier molecular flexibility index (Phi) is 5.14. The lowest BCUT2D eigenvalue weighted by Crippen LogP contribution is -2.38. The number of nitrogens with one attached hydrogen (secondary N) is 1. The highest BCUT2D eigenvalue weighted by Crippen LogP contribution is 2.33. The first kappa shape index (κ1) is 18.6. The number of nitrogens with two attached hydrogens (primary N) is 1. The highest BCUT2D eigenvalue weighted by Gasteiger charge is 2.34. The summed E-state index contributed by atoms with van der Waals surface area (Å²) in [4.78, 5) is 41.4. The Morgan fingerprint density at radius 3 is 3.00 bits per heavy atom. The van der Waals surface area contributed by atoms with Crippen molar-refractivity contribution in [2.24, 2.45) is 11.7 Å². The number of anilines is 1. The first-order valence-corrected chi connectivity index (χ1v) is 9.81. The molecule has 0 aliphatic carbocycles. The van der Waals surface area contributed by atoms with E-state index in [1.165, 1.54) is 11.3 Å². The number of carbonyl (C=O) groups is 3. The van der Waals surface area contributed by atoms with Crippen molar-refractivity contribution in [3.8, 4) is 5.19 Å². The number of rotatable bonds is 6. The molecule has 2 atom stereocenters. The minimum absolute atomic E-state index is 0.0382. The van der Waals surface area contributed by atoms with Crippen molar-refractivity contribution in [3.63, 3.8) is 0 Å². The predicted molar refractivity (Wildman–Crippen MR) is 102 cm³/mol. The average Bonchev–Trinajstić information content (AvgIpc) is 3.38. The van der Waals surface area contributed by atoms with Crippen molar-refractivity contribution >= 4 is 45.0 Å². The number of fused-ring (bicyclic) bond motifs is 1. The molecule has 10 heteroatoms. The number of benzene rings is 1. The van der Waals surface area contributed by atoms with Gasteiger partial charge in [0.15, 0.2) is 6.61 Å². The van der Waals surface area contributed by atoms with Crippen LogP contribution in [-0.2, 0) is 19.1 Å². The fourth-order valence-electron chi connectivity index (χ4n) is 3.31. The van der Waals surface area contributed by atoms with Gasteiger partial charge in [0, 0.05) is 25.3 Å². The number of ether oxygens (including phenoxy) is 2. The number of nitrogens with zero attached hydrogens (tertiary/aromatic N) is 2. The number of amides is 3. The van der Waals surface area contributed by atoms with Crippen LogP contribution >= 0.6 is 11.3 Å². The zero-order valence-corrected chi connectivity index (χ0v) is 15.9. The van der Waals surface area contributed by atoms with Crippen LogP contribution in [0.15, 0.2) is 18.2 Å². The van der Waals surface area contributed by atoms with Crippen LogP contribution in [0.1, 0.15) is 12.8 Å². The molecule has 2 aromatic rings. The minimum Gasteiger partial charge on any atom is -0.460 e. The summed E-state index contributed by atoms with van der Waals surface area (Å²) in [6, 6.07) is 5.43. The van der Waals surface area contributed by atoms with Gasteiger partial charge in [-0.25, -0.2) is 4.98 Å². The van der Waals surface area contributed by atoms with Gasteiger partial charge >= 0.3 is 0 Å². The molecule has 3 heterocycles. The molecule has 4 rings (SSSR count). The Labute approximate surface area is 164 Å². The topological polar surface area (TPSA) is 124 Å². The molecule has 2 aliphatic heterocycles. The van der Waals surface area contributed by atoms with Gasteiger partial charge in [0.2, 0.25) is 11.8 Å². The van der Waals surface area contributed by atoms with Crippen molar-refractivity contribution in [2.75, 3.05) is 31.3 Å². The second-order valence-electron chi connectivity index (χ2n) is 6.86. The van der Waals surface area contributed by atoms with Crippen LogP contribution in [0, 0.1) is 5.92 Å². The molecule has 2 fully saturated rings. The standard InChI is InChI=1S/C18H20N4O5S/c19-17(25)10-5-16(24)22(7-10)12-1-2-13-14(6-12)28-18(21-13)27-9-15(23)20-11-3-4-26-8-11/h1-2,6,10-11H,3-5,7-9H2,(H2,19,25)(H,20,23). The van der Waals surface area contributed by atoms with E-state index in [0.717, 1.165) is 11.1 Å². The molecule has 0 bridgehead atoms. The maximum absolute atomic E-state index is 12.2. The first-order valence-electron chi connectivity index (χ1n) is 9.00. The molecular weight excluding hydrogens is 384 g/mol. The largest absolute Gasteiger partial charge is 0.460 e. The lowest BCUT2D eigenvalue weighted by molar-refractivity contribution is -0.124. The number of thiazole rings is 1. The zero-order chi connectivity index (χ0) is 19.7. The van der Waals surface area contributed by atoms with Crippen molar-refractivity contribution in [3.05, 3.63) is 18.2 Å². The fourth-order valence-corrected chi connectivity index (χ4v) is 4.16. The van der Waals surface area contributed by atoms with Gasteiger partial charge in [-0.3, -0.25) is 14.4 Å². The highest BCUT2D eigenvalue weighted by atomic mass is 32.1. The SMILES string of the molecule is NC(=O)C1CC(=O)N(c2ccc3nc(OCC(=O)NC4CCOC4)sc3c2)C1. The third kappa shape index (κ3) is 3.92. The second-order valence-corrected chi connectivity index (χ2v) is 7.85. The molecule has 2 unspecified atom stereocenters. The van der Waals surface area contributed by atoms with E-state index in [4.69, 9.17) is 15.2 Å². The molecular formula is C18H20N4O5S. The molecule has 3 amide bonds. The van der Waals surface area contributed by atoms with E-state index in [9.17, 15) is 14.4 Å². The van der Waals surface area contributed by atoms with E-state index in [2.05, 4.69) is 10.3 Å². The minimum atomic E-state index is -0.465. The number of primary amides is 1. The van der Waals surface area contributed by atoms with Gasteiger partial charge in [-0.1, -0.05) is 11.3 Å². The molecule has 1 aromatic heterocycles. The quantitative estimate of drug-likeness (QED) is 0.719. The summed E-state index contributed by atoms with van der Waals surface area (Å²) in [6.07, 6.45) is 0.938. The fraction of sp³-hybridized carbons (Fsp3) is 0.444. The van der Waals surface area contributed by atoms with Crippen LogP contribution < -0.4 is 20.7 Å². The lowest BCUT2D eigenvalue weighted by Gasteiger charge is -2.16. The third-order valence-corrected chi connectivity index (χ3v) is 5.74. The van der Waals surface area contributed by atoms with Gasteiger partial charge in [0.1, 0.15) is 0 Å². The van der Waals surface area contributed by atoms with Crippen molar-refractivity contribution in [1.29, 1.82) is 0 Å². The molecule has 2 saturated heterocycles. The van der Waals surface area contributed by atoms with E-state index in [-0.39, 0.29) is 37.4 Å². The van der Waals surface area contributed by atoms with Gasteiger partial charge < -0.3 is 25.4 Å². The lowest BCUT2D eigenvalue weighted by atomic mass is 10.1. The summed E-state index contributed by atoms with van der Waals surface area (Å²) in [7, 11) is 0. The molecule has 0 spiro atoms. The van der Waals surface area contributed by atoms with Crippen LogP contribution in [0.2, 0.25) is 0 Å². The maximum atomic E-state index is 12.2. The number of carbonyl (C=O) groups excluding carboxylic acids is 3. The Hall–Kier alpha value is -2.72. The van der Waals surface area contributed by atoms with Crippen LogP contribution in [0.4, 0.5) is 5.69 Å². The summed E-state index contributed by atoms with van der Waals surface area (Å²) in [5, 5.41) is 3.24. The number of aromatic nitrogens is 1. The average molecular weight is 404 g/mol. The summed E-state index contributed by atoms with van der Waals surface area (Å²) in [5.41, 5.74) is 6.73. The first-order chi connectivity index (χ1) is 13.5. The monoisotopic (exact) mass is 404 g/mol. The van der Waals surface area contributed by atoms with Crippen LogP contribution in [0.5, 0.6) is 5.19 Å². The van der Waals surface area contributed by atoms with Crippen LogP contribution in [0.3, 0.4) is 0 Å². The smallest absolute Gasteiger partial charge is 0.274 e. The molecule has 1 aromatic carbocycles. The van der Waals surface area contributed by atoms with E-state index in [0.29, 0.717) is 29.6 Å². The predicted octanol–water partition coefficient (Wildman–Crippen LogP) is 0.418. The number of hydrogen-bond donors (Lipinski definition) is 2. The second kappa shape index (κ2) is 7.72. The van der Waals surface area contributed by atoms with Gasteiger partial charge in [-0.15, -0.1) is 0 Å². The Balaban J connectivity index is 1.41. The molecule has 148 valence electrons. The highest BCUT2D eigenvalue weighted by molar-refractivity contribution is 7.20. The third-order valence-electron chi connectivity index (χ3n) is 4.81. The van der Waals surface area contributed by atoms with Crippen LogP contribution in [0.25, 0.3) is 10.2 Å². The van der Waals surface area contributed by atoms with Crippen molar-refractivity contribution < 1.29 is 23.9 Å². The van der Waals surface area contributed by atoms with E-state index in [1.807, 2.05) is 6.07 Å². The molecule has 3 N–H and O–H groups in total. The van der Waals surface area contributed by atoms with Crippen molar-refractivity contribution in [2.45, 2.75) is 18.9 Å². The normalized spacial score (nSPS) is 22.0. The molecule has 0 saturated carbocycles. The van der Waals surface area contributed by atoms with E-state index >= 15 is 0 Å². The molecule has 2 aliphatic rings. The van der Waals surface area contributed by atoms with E-state index < -0.39 is 11.8 Å². The Bertz CT molecular complexity index is 924. The van der Waals surface area contributed by atoms with Gasteiger partial charge in [-0.2, -0.15) is 0 Å². The summed E-state index contributed by atoms with van der Waals surface area (Å²) >= 11 is 1.30. The molecule has 9 nitrogen and oxygen atoms in total. The van der Waals surface area contributed by atoms with Gasteiger partial charge in [-0.05, 0) is 24.6 Å². The van der Waals surface area contributed by atoms with Crippen LogP contribution in [-0.4, -0.2) is 55.1 Å². The van der Waals surface area contributed by atoms with E-state index in [1.54, 1.807) is 17.0 Å². The summed E-state index contributed by atoms with van der Waals surface area (Å²) < 4.78 is 11.6.